The van der Waals surface area contributed by atoms with Gasteiger partial charge in [-0.05, 0) is 6.07 Å². The Morgan fingerprint density at radius 3 is 2.55 bits per heavy atom. The van der Waals surface area contributed by atoms with Crippen molar-refractivity contribution in [1.82, 2.24) is 9.78 Å². The van der Waals surface area contributed by atoms with Crippen LogP contribution in [0.1, 0.15) is 0 Å². The molecule has 1 aromatic heterocycles. The zero-order chi connectivity index (χ0) is 8.48. The van der Waals surface area contributed by atoms with Gasteiger partial charge in [0.25, 0.3) is 5.63 Å². The number of aromatic nitrogens is 2. The van der Waals surface area contributed by atoms with E-state index >= 15 is 0 Å². The second kappa shape index (κ2) is 2.73. The highest BCUT2D eigenvalue weighted by Gasteiger charge is 2.41. The summed E-state index contributed by atoms with van der Waals surface area (Å²) in [7, 11) is 0. The van der Waals surface area contributed by atoms with E-state index in [1.807, 2.05) is 0 Å². The van der Waals surface area contributed by atoms with Gasteiger partial charge in [0.1, 0.15) is 0 Å². The van der Waals surface area contributed by atoms with E-state index in [0.29, 0.717) is 0 Å². The molecule has 62 valence electrons. The fraction of sp³-hybridized carbons (Fsp3) is 0.400. The van der Waals surface area contributed by atoms with Crippen molar-refractivity contribution in [3.63, 3.8) is 0 Å². The molecule has 0 aromatic carbocycles. The predicted octanol–water partition coefficient (Wildman–Crippen LogP) is 1.97. The van der Waals surface area contributed by atoms with Crippen molar-refractivity contribution < 1.29 is 13.2 Å². The van der Waals surface area contributed by atoms with Crippen molar-refractivity contribution in [3.8, 4) is 0 Å². The Morgan fingerprint density at radius 2 is 2.18 bits per heavy atom. The number of rotatable bonds is 2. The summed E-state index contributed by atoms with van der Waals surface area (Å²) in [6.07, 6.45) is 2.06. The van der Waals surface area contributed by atoms with Crippen LogP contribution in [0.25, 0.3) is 0 Å². The lowest BCUT2D eigenvalue weighted by molar-refractivity contribution is -0.125. The van der Waals surface area contributed by atoms with Crippen LogP contribution in [-0.2, 0) is 6.05 Å². The molecule has 2 nitrogen and oxygen atoms in total. The van der Waals surface area contributed by atoms with Gasteiger partial charge in [-0.1, -0.05) is 11.6 Å². The number of halogens is 4. The average molecular weight is 185 g/mol. The number of nitrogens with zero attached hydrogens (tertiary/aromatic N) is 2. The quantitative estimate of drug-likeness (QED) is 0.643. The lowest BCUT2D eigenvalue weighted by atomic mass is 10.6. The van der Waals surface area contributed by atoms with Crippen molar-refractivity contribution in [3.05, 3.63) is 18.5 Å². The van der Waals surface area contributed by atoms with Crippen LogP contribution in [0.5, 0.6) is 0 Å². The smallest absolute Gasteiger partial charge is 0.221 e. The Hall–Kier alpha value is -0.710. The number of hydrogen-bond acceptors (Lipinski definition) is 1. The minimum Gasteiger partial charge on any atom is -0.221 e. The van der Waals surface area contributed by atoms with Gasteiger partial charge in [-0.2, -0.15) is 13.9 Å². The maximum atomic E-state index is 12.5. The van der Waals surface area contributed by atoms with Crippen molar-refractivity contribution in [2.45, 2.75) is 11.7 Å². The molecule has 1 atom stereocenters. The first-order valence-electron chi connectivity index (χ1n) is 2.71. The molecule has 1 rings (SSSR count). The van der Waals surface area contributed by atoms with Crippen LogP contribution in [-0.4, -0.2) is 15.4 Å². The minimum absolute atomic E-state index is 0.171. The zero-order valence-electron chi connectivity index (χ0n) is 5.22. The van der Waals surface area contributed by atoms with Gasteiger partial charge in [0.2, 0.25) is 0 Å². The summed E-state index contributed by atoms with van der Waals surface area (Å²) in [4.78, 5) is 0. The molecule has 1 heterocycles. The highest BCUT2D eigenvalue weighted by atomic mass is 35.5. The van der Waals surface area contributed by atoms with Crippen LogP contribution in [0.2, 0.25) is 0 Å². The molecule has 0 aliphatic heterocycles. The lowest BCUT2D eigenvalue weighted by Gasteiger charge is -2.15. The predicted molar refractivity (Wildman–Crippen MR) is 33.2 cm³/mol. The molecule has 0 saturated carbocycles. The van der Waals surface area contributed by atoms with Crippen LogP contribution in [0.4, 0.5) is 13.2 Å². The third-order valence-corrected chi connectivity index (χ3v) is 1.33. The van der Waals surface area contributed by atoms with E-state index in [2.05, 4.69) is 16.7 Å². The summed E-state index contributed by atoms with van der Waals surface area (Å²) in [5.41, 5.74) is -2.76. The zero-order valence-corrected chi connectivity index (χ0v) is 5.97. The highest BCUT2D eigenvalue weighted by Crippen LogP contribution is 2.28. The van der Waals surface area contributed by atoms with E-state index in [-0.39, 0.29) is 4.68 Å². The van der Waals surface area contributed by atoms with Crippen LogP contribution in [0.3, 0.4) is 0 Å². The second-order valence-electron chi connectivity index (χ2n) is 1.84. The molecule has 0 N–H and O–H groups in total. The Morgan fingerprint density at radius 1 is 1.55 bits per heavy atom. The van der Waals surface area contributed by atoms with Gasteiger partial charge in [-0.25, -0.2) is 9.07 Å². The Bertz CT molecular complexity index is 222. The summed E-state index contributed by atoms with van der Waals surface area (Å²) in [5.74, 6) is 0. The molecule has 0 aliphatic carbocycles. The van der Waals surface area contributed by atoms with Crippen molar-refractivity contribution in [1.29, 1.82) is 0 Å². The normalized spacial score (nSPS) is 14.9. The molecule has 0 aliphatic rings. The Balaban J connectivity index is 2.90. The first-order chi connectivity index (χ1) is 5.05. The summed E-state index contributed by atoms with van der Waals surface area (Å²) < 4.78 is 37.2. The third kappa shape index (κ3) is 1.48. The highest BCUT2D eigenvalue weighted by molar-refractivity contribution is 6.20. The average Bonchev–Trinajstić information content (AvgIpc) is 2.37. The molecule has 1 unspecified atom stereocenters. The van der Waals surface area contributed by atoms with Crippen LogP contribution in [0.15, 0.2) is 18.5 Å². The van der Waals surface area contributed by atoms with E-state index in [9.17, 15) is 13.2 Å². The maximum absolute atomic E-state index is 12.5. The molecular weight excluding hydrogens is 181 g/mol. The maximum Gasteiger partial charge on any atom is 0.388 e. The minimum atomic E-state index is -3.77. The van der Waals surface area contributed by atoms with Gasteiger partial charge in [0, 0.05) is 12.4 Å². The standard InChI is InChI=1S/C5H4ClF3N2/c6-4(7)5(8,9)11-3-1-2-10-11/h1-4H. The molecule has 0 fully saturated rings. The SMILES string of the molecule is FC(Cl)C(F)(F)n1cccn1. The summed E-state index contributed by atoms with van der Waals surface area (Å²) >= 11 is 4.58. The molecule has 1 aromatic rings. The second-order valence-corrected chi connectivity index (χ2v) is 2.22. The molecule has 0 amide bonds. The topological polar surface area (TPSA) is 17.8 Å². The van der Waals surface area contributed by atoms with Gasteiger partial charge >= 0.3 is 6.05 Å². The van der Waals surface area contributed by atoms with E-state index in [1.165, 1.54) is 6.07 Å². The monoisotopic (exact) mass is 184 g/mol. The van der Waals surface area contributed by atoms with E-state index < -0.39 is 11.7 Å². The number of hydrogen-bond donors (Lipinski definition) is 0. The van der Waals surface area contributed by atoms with Gasteiger partial charge in [0.05, 0.1) is 0 Å². The van der Waals surface area contributed by atoms with Gasteiger partial charge in [0.15, 0.2) is 0 Å². The van der Waals surface area contributed by atoms with Crippen molar-refractivity contribution in [2.24, 2.45) is 0 Å². The lowest BCUT2D eigenvalue weighted by Crippen LogP contribution is -2.31. The van der Waals surface area contributed by atoms with Gasteiger partial charge < -0.3 is 0 Å². The molecular formula is C5H4ClF3N2. The first kappa shape index (κ1) is 8.39. The fourth-order valence-corrected chi connectivity index (χ4v) is 0.645. The van der Waals surface area contributed by atoms with E-state index in [1.54, 1.807) is 0 Å². The molecule has 0 saturated heterocycles. The molecule has 0 bridgehead atoms. The molecule has 0 radical (unpaired) electrons. The van der Waals surface area contributed by atoms with Crippen LogP contribution >= 0.6 is 11.6 Å². The summed E-state index contributed by atoms with van der Waals surface area (Å²) in [5, 5.41) is 3.15. The fourth-order valence-electron chi connectivity index (χ4n) is 0.545. The van der Waals surface area contributed by atoms with E-state index in [0.717, 1.165) is 12.4 Å². The third-order valence-electron chi connectivity index (χ3n) is 1.07. The number of alkyl halides is 4. The largest absolute Gasteiger partial charge is 0.388 e. The molecule has 0 spiro atoms. The van der Waals surface area contributed by atoms with Crippen molar-refractivity contribution >= 4 is 11.6 Å². The summed E-state index contributed by atoms with van der Waals surface area (Å²) in [6, 6.07) is -2.52. The summed E-state index contributed by atoms with van der Waals surface area (Å²) in [6.45, 7) is 0. The van der Waals surface area contributed by atoms with E-state index in [4.69, 9.17) is 0 Å². The molecule has 6 heteroatoms. The molecule has 11 heavy (non-hydrogen) atoms. The first-order valence-corrected chi connectivity index (χ1v) is 3.15. The van der Waals surface area contributed by atoms with Crippen LogP contribution in [0, 0.1) is 0 Å². The Kier molecular flexibility index (Phi) is 2.08. The Labute approximate surface area is 65.6 Å². The van der Waals surface area contributed by atoms with Crippen LogP contribution < -0.4 is 0 Å². The van der Waals surface area contributed by atoms with Crippen molar-refractivity contribution in [2.75, 3.05) is 0 Å². The van der Waals surface area contributed by atoms with Gasteiger partial charge in [-0.15, -0.1) is 0 Å². The van der Waals surface area contributed by atoms with Gasteiger partial charge in [-0.3, -0.25) is 0 Å².